The number of carbonyl (C=O) groups excluding carboxylic acids is 2. The first kappa shape index (κ1) is 16.6. The summed E-state index contributed by atoms with van der Waals surface area (Å²) in [5.41, 5.74) is 1.88. The molecule has 5 heteroatoms. The molecule has 2 bridgehead atoms. The van der Waals surface area contributed by atoms with Gasteiger partial charge in [-0.15, -0.1) is 0 Å². The van der Waals surface area contributed by atoms with Gasteiger partial charge >= 0.3 is 12.1 Å². The number of carbonyl (C=O) groups is 2. The number of hydrogen-bond acceptors (Lipinski definition) is 4. The number of hydrogen-bond donors (Lipinski definition) is 0. The lowest BCUT2D eigenvalue weighted by Crippen LogP contribution is -2.37. The van der Waals surface area contributed by atoms with Crippen molar-refractivity contribution in [2.75, 3.05) is 13.1 Å². The van der Waals surface area contributed by atoms with Crippen molar-refractivity contribution in [1.82, 2.24) is 4.90 Å². The number of amides is 1. The highest BCUT2D eigenvalue weighted by Crippen LogP contribution is 2.32. The first-order valence-electron chi connectivity index (χ1n) is 8.95. The van der Waals surface area contributed by atoms with Gasteiger partial charge in [0.1, 0.15) is 6.10 Å². The minimum atomic E-state index is -0.434. The molecule has 2 heterocycles. The Morgan fingerprint density at radius 1 is 1.08 bits per heavy atom. The van der Waals surface area contributed by atoms with Gasteiger partial charge in [0.15, 0.2) is 6.10 Å². The monoisotopic (exact) mass is 351 g/mol. The van der Waals surface area contributed by atoms with E-state index in [1.54, 1.807) is 4.90 Å². The smallest absolute Gasteiger partial charge is 0.410 e. The van der Waals surface area contributed by atoms with E-state index in [4.69, 9.17) is 9.47 Å². The van der Waals surface area contributed by atoms with E-state index in [9.17, 15) is 9.59 Å². The number of ether oxygens (including phenoxy) is 2. The summed E-state index contributed by atoms with van der Waals surface area (Å²) < 4.78 is 11.2. The Morgan fingerprint density at radius 3 is 2.31 bits per heavy atom. The third kappa shape index (κ3) is 3.43. The molecule has 2 aromatic carbocycles. The van der Waals surface area contributed by atoms with Crippen LogP contribution >= 0.6 is 0 Å². The van der Waals surface area contributed by atoms with Crippen LogP contribution in [0.1, 0.15) is 30.1 Å². The molecule has 2 fully saturated rings. The van der Waals surface area contributed by atoms with Gasteiger partial charge in [-0.2, -0.15) is 0 Å². The molecule has 0 aromatic heterocycles. The minimum absolute atomic E-state index is 0.0254. The Balaban J connectivity index is 1.47. The van der Waals surface area contributed by atoms with Crippen LogP contribution in [0, 0.1) is 5.92 Å². The number of esters is 1. The van der Waals surface area contributed by atoms with Crippen LogP contribution in [0.15, 0.2) is 60.7 Å². The van der Waals surface area contributed by atoms with Crippen molar-refractivity contribution in [1.29, 1.82) is 0 Å². The van der Waals surface area contributed by atoms with E-state index in [-0.39, 0.29) is 30.5 Å². The molecule has 2 saturated heterocycles. The van der Waals surface area contributed by atoms with Gasteiger partial charge in [-0.1, -0.05) is 60.7 Å². The van der Waals surface area contributed by atoms with Gasteiger partial charge in [0.25, 0.3) is 0 Å². The Hall–Kier alpha value is -2.82. The van der Waals surface area contributed by atoms with Crippen LogP contribution in [0.3, 0.4) is 0 Å². The summed E-state index contributed by atoms with van der Waals surface area (Å²) in [7, 11) is 0. The van der Waals surface area contributed by atoms with Gasteiger partial charge in [0.05, 0.1) is 13.0 Å². The second-order valence-corrected chi connectivity index (χ2v) is 6.81. The second-order valence-electron chi connectivity index (χ2n) is 6.81. The van der Waals surface area contributed by atoms with Crippen molar-refractivity contribution in [2.45, 2.75) is 25.0 Å². The zero-order valence-electron chi connectivity index (χ0n) is 14.4. The fourth-order valence-corrected chi connectivity index (χ4v) is 3.68. The molecule has 0 spiro atoms. The molecule has 2 aliphatic rings. The van der Waals surface area contributed by atoms with Crippen molar-refractivity contribution >= 4 is 12.1 Å². The molecule has 26 heavy (non-hydrogen) atoms. The zero-order chi connectivity index (χ0) is 17.9. The average Bonchev–Trinajstić information content (AvgIpc) is 2.98. The van der Waals surface area contributed by atoms with E-state index < -0.39 is 6.10 Å². The highest BCUT2D eigenvalue weighted by molar-refractivity contribution is 5.72. The van der Waals surface area contributed by atoms with Crippen LogP contribution in [-0.2, 0) is 14.3 Å². The van der Waals surface area contributed by atoms with Gasteiger partial charge in [-0.25, -0.2) is 4.79 Å². The summed E-state index contributed by atoms with van der Waals surface area (Å²) in [6.07, 6.45) is 0.138. The maximum absolute atomic E-state index is 12.6. The van der Waals surface area contributed by atoms with Gasteiger partial charge in [0, 0.05) is 12.5 Å². The molecule has 134 valence electrons. The van der Waals surface area contributed by atoms with Crippen molar-refractivity contribution in [3.63, 3.8) is 0 Å². The first-order chi connectivity index (χ1) is 12.7. The summed E-state index contributed by atoms with van der Waals surface area (Å²) in [5, 5.41) is 0. The van der Waals surface area contributed by atoms with Crippen LogP contribution in [0.2, 0.25) is 0 Å². The van der Waals surface area contributed by atoms with Crippen molar-refractivity contribution in [3.05, 3.63) is 71.8 Å². The predicted octanol–water partition coefficient (Wildman–Crippen LogP) is 3.55. The van der Waals surface area contributed by atoms with Crippen molar-refractivity contribution < 1.29 is 19.1 Å². The van der Waals surface area contributed by atoms with E-state index in [1.807, 2.05) is 60.7 Å². The van der Waals surface area contributed by atoms with E-state index in [2.05, 4.69) is 0 Å². The summed E-state index contributed by atoms with van der Waals surface area (Å²) in [6.45, 7) is 1.23. The second kappa shape index (κ2) is 7.20. The third-order valence-corrected chi connectivity index (χ3v) is 5.09. The Bertz CT molecular complexity index is 738. The average molecular weight is 351 g/mol. The SMILES string of the molecule is O=C(C[C@@H]1CCN2C[C@H]1OC2=O)OC(c1ccccc1)c1ccccc1. The summed E-state index contributed by atoms with van der Waals surface area (Å²) in [4.78, 5) is 26.0. The molecular weight excluding hydrogens is 330 g/mol. The van der Waals surface area contributed by atoms with E-state index in [0.29, 0.717) is 13.1 Å². The van der Waals surface area contributed by atoms with Gasteiger partial charge in [0.2, 0.25) is 0 Å². The summed E-state index contributed by atoms with van der Waals surface area (Å²) >= 11 is 0. The highest BCUT2D eigenvalue weighted by atomic mass is 16.6. The number of nitrogens with zero attached hydrogens (tertiary/aromatic N) is 1. The number of rotatable bonds is 5. The first-order valence-corrected chi connectivity index (χ1v) is 8.95. The molecule has 2 aromatic rings. The standard InChI is InChI=1S/C21H21NO4/c23-19(13-17-11-12-22-14-18(17)25-21(22)24)26-20(15-7-3-1-4-8-15)16-9-5-2-6-10-16/h1-10,17-18,20H,11-14H2/t17-,18+/m0/s1. The van der Waals surface area contributed by atoms with E-state index in [1.165, 1.54) is 0 Å². The van der Waals surface area contributed by atoms with Crippen LogP contribution in [0.5, 0.6) is 0 Å². The lowest BCUT2D eigenvalue weighted by atomic mass is 9.91. The maximum Gasteiger partial charge on any atom is 0.410 e. The van der Waals surface area contributed by atoms with Crippen molar-refractivity contribution in [2.24, 2.45) is 5.92 Å². The molecule has 2 atom stereocenters. The van der Waals surface area contributed by atoms with Gasteiger partial charge < -0.3 is 14.4 Å². The Morgan fingerprint density at radius 2 is 1.69 bits per heavy atom. The highest BCUT2D eigenvalue weighted by Gasteiger charge is 2.42. The Kier molecular flexibility index (Phi) is 4.61. The van der Waals surface area contributed by atoms with Gasteiger partial charge in [-0.3, -0.25) is 4.79 Å². The fraction of sp³-hybridized carbons (Fsp3) is 0.333. The molecule has 1 amide bonds. The number of piperidine rings is 1. The molecule has 4 rings (SSSR count). The zero-order valence-corrected chi connectivity index (χ0v) is 14.4. The fourth-order valence-electron chi connectivity index (χ4n) is 3.68. The minimum Gasteiger partial charge on any atom is -0.453 e. The molecule has 5 nitrogen and oxygen atoms in total. The van der Waals surface area contributed by atoms with Gasteiger partial charge in [-0.05, 0) is 17.5 Å². The largest absolute Gasteiger partial charge is 0.453 e. The topological polar surface area (TPSA) is 55.8 Å². The van der Waals surface area contributed by atoms with Crippen LogP contribution in [0.4, 0.5) is 4.79 Å². The van der Waals surface area contributed by atoms with E-state index >= 15 is 0 Å². The lowest BCUT2D eigenvalue weighted by molar-refractivity contribution is -0.149. The lowest BCUT2D eigenvalue weighted by Gasteiger charge is -2.27. The molecule has 2 aliphatic heterocycles. The van der Waals surface area contributed by atoms with Crippen LogP contribution in [-0.4, -0.2) is 36.2 Å². The normalized spacial score (nSPS) is 21.6. The van der Waals surface area contributed by atoms with Crippen molar-refractivity contribution in [3.8, 4) is 0 Å². The molecular formula is C21H21NO4. The number of fused-ring (bicyclic) bond motifs is 2. The summed E-state index contributed by atoms with van der Waals surface area (Å²) in [5.74, 6) is -0.235. The van der Waals surface area contributed by atoms with Crippen LogP contribution < -0.4 is 0 Å². The quantitative estimate of drug-likeness (QED) is 0.773. The molecule has 0 N–H and O–H groups in total. The molecule has 0 radical (unpaired) electrons. The summed E-state index contributed by atoms with van der Waals surface area (Å²) in [6, 6.07) is 19.5. The third-order valence-electron chi connectivity index (χ3n) is 5.09. The predicted molar refractivity (Wildman–Crippen MR) is 95.4 cm³/mol. The number of benzene rings is 2. The van der Waals surface area contributed by atoms with Crippen LogP contribution in [0.25, 0.3) is 0 Å². The molecule has 0 unspecified atom stereocenters. The molecule has 0 aliphatic carbocycles. The van der Waals surface area contributed by atoms with E-state index in [0.717, 1.165) is 17.5 Å². The molecule has 0 saturated carbocycles. The Labute approximate surface area is 152 Å². The maximum atomic E-state index is 12.6.